The van der Waals surface area contributed by atoms with Gasteiger partial charge in [-0.2, -0.15) is 0 Å². The summed E-state index contributed by atoms with van der Waals surface area (Å²) in [6, 6.07) is 1.73. The highest BCUT2D eigenvalue weighted by molar-refractivity contribution is 5.96. The average molecular weight is 274 g/mol. The molecule has 5 heteroatoms. The highest BCUT2D eigenvalue weighted by Gasteiger charge is 2.31. The summed E-state index contributed by atoms with van der Waals surface area (Å²) < 4.78 is 5.50. The van der Waals surface area contributed by atoms with Crippen molar-refractivity contribution in [3.8, 4) is 11.8 Å². The van der Waals surface area contributed by atoms with E-state index in [0.717, 1.165) is 6.42 Å². The van der Waals surface area contributed by atoms with Gasteiger partial charge in [-0.25, -0.2) is 0 Å². The van der Waals surface area contributed by atoms with E-state index in [9.17, 15) is 4.79 Å². The third-order valence-electron chi connectivity index (χ3n) is 3.51. The lowest BCUT2D eigenvalue weighted by molar-refractivity contribution is 0.0574. The largest absolute Gasteiger partial charge is 0.384 e. The number of hydrogen-bond acceptors (Lipinski definition) is 4. The van der Waals surface area contributed by atoms with Crippen molar-refractivity contribution in [1.29, 1.82) is 0 Å². The number of carbonyl (C=O) groups is 1. The molecule has 0 saturated carbocycles. The molecule has 0 aromatic carbocycles. The first-order valence-electron chi connectivity index (χ1n) is 6.57. The Balaban J connectivity index is 2.24. The van der Waals surface area contributed by atoms with Crippen molar-refractivity contribution in [2.45, 2.75) is 25.5 Å². The Morgan fingerprint density at radius 3 is 3.10 bits per heavy atom. The number of rotatable bonds is 2. The minimum absolute atomic E-state index is 0.0396. The van der Waals surface area contributed by atoms with Gasteiger partial charge >= 0.3 is 0 Å². The van der Waals surface area contributed by atoms with Crippen molar-refractivity contribution in [3.05, 3.63) is 29.6 Å². The zero-order valence-corrected chi connectivity index (χ0v) is 11.7. The lowest BCUT2D eigenvalue weighted by atomic mass is 10.1. The minimum Gasteiger partial charge on any atom is -0.384 e. The lowest BCUT2D eigenvalue weighted by Crippen LogP contribution is -2.41. The molecule has 1 fully saturated rings. The Labute approximate surface area is 118 Å². The van der Waals surface area contributed by atoms with E-state index < -0.39 is 0 Å². The molecule has 0 radical (unpaired) electrons. The van der Waals surface area contributed by atoms with Gasteiger partial charge in [0.05, 0.1) is 23.3 Å². The number of pyridine rings is 1. The Morgan fingerprint density at radius 1 is 1.65 bits per heavy atom. The van der Waals surface area contributed by atoms with E-state index in [0.29, 0.717) is 17.7 Å². The van der Waals surface area contributed by atoms with E-state index in [-0.39, 0.29) is 24.7 Å². The van der Waals surface area contributed by atoms with Crippen molar-refractivity contribution in [3.63, 3.8) is 0 Å². The highest BCUT2D eigenvalue weighted by Crippen LogP contribution is 2.20. The summed E-state index contributed by atoms with van der Waals surface area (Å²) in [5.74, 6) is 5.21. The van der Waals surface area contributed by atoms with Gasteiger partial charge in [-0.05, 0) is 19.4 Å². The fraction of sp³-hybridized carbons (Fsp3) is 0.467. The van der Waals surface area contributed by atoms with E-state index in [4.69, 9.17) is 9.84 Å². The predicted molar refractivity (Wildman–Crippen MR) is 74.1 cm³/mol. The zero-order valence-electron chi connectivity index (χ0n) is 11.7. The van der Waals surface area contributed by atoms with Crippen LogP contribution in [0.5, 0.6) is 0 Å². The molecule has 1 amide bonds. The zero-order chi connectivity index (χ0) is 14.5. The third-order valence-corrected chi connectivity index (χ3v) is 3.51. The fourth-order valence-corrected chi connectivity index (χ4v) is 2.38. The molecule has 0 bridgehead atoms. The van der Waals surface area contributed by atoms with Crippen molar-refractivity contribution in [2.24, 2.45) is 0 Å². The van der Waals surface area contributed by atoms with Gasteiger partial charge < -0.3 is 14.7 Å². The van der Waals surface area contributed by atoms with Crippen LogP contribution in [0, 0.1) is 11.8 Å². The van der Waals surface area contributed by atoms with Crippen LogP contribution in [-0.4, -0.2) is 53.3 Å². The van der Waals surface area contributed by atoms with Gasteiger partial charge in [0.1, 0.15) is 6.61 Å². The van der Waals surface area contributed by atoms with Crippen LogP contribution in [0.15, 0.2) is 18.5 Å². The number of aromatic nitrogens is 1. The monoisotopic (exact) mass is 274 g/mol. The number of ether oxygens (including phenoxy) is 1. The van der Waals surface area contributed by atoms with Crippen LogP contribution in [0.2, 0.25) is 0 Å². The van der Waals surface area contributed by atoms with Crippen LogP contribution in [-0.2, 0) is 4.74 Å². The van der Waals surface area contributed by atoms with Crippen LogP contribution in [0.4, 0.5) is 0 Å². The fourth-order valence-electron chi connectivity index (χ4n) is 2.38. The first kappa shape index (κ1) is 14.5. The molecule has 1 N–H and O–H groups in total. The number of hydrogen-bond donors (Lipinski definition) is 1. The molecule has 2 atom stereocenters. The normalized spacial score (nSPS) is 21.1. The summed E-state index contributed by atoms with van der Waals surface area (Å²) in [7, 11) is 1.78. The van der Waals surface area contributed by atoms with Gasteiger partial charge in [0, 0.05) is 26.0 Å². The van der Waals surface area contributed by atoms with Gasteiger partial charge in [-0.15, -0.1) is 0 Å². The second-order valence-corrected chi connectivity index (χ2v) is 4.73. The average Bonchev–Trinajstić information content (AvgIpc) is 2.90. The second kappa shape index (κ2) is 6.51. The summed E-state index contributed by atoms with van der Waals surface area (Å²) in [4.78, 5) is 18.3. The van der Waals surface area contributed by atoms with Crippen LogP contribution in [0.25, 0.3) is 0 Å². The molecular formula is C15H18N2O3. The molecule has 5 nitrogen and oxygen atoms in total. The maximum atomic E-state index is 12.6. The highest BCUT2D eigenvalue weighted by atomic mass is 16.5. The summed E-state index contributed by atoms with van der Waals surface area (Å²) in [5.41, 5.74) is 1.03. The van der Waals surface area contributed by atoms with Crippen molar-refractivity contribution in [2.75, 3.05) is 20.3 Å². The van der Waals surface area contributed by atoms with Gasteiger partial charge in [0.2, 0.25) is 0 Å². The number of amides is 1. The third kappa shape index (κ3) is 2.98. The molecule has 0 spiro atoms. The van der Waals surface area contributed by atoms with Crippen molar-refractivity contribution in [1.82, 2.24) is 9.88 Å². The van der Waals surface area contributed by atoms with Crippen molar-refractivity contribution < 1.29 is 14.6 Å². The Bertz CT molecular complexity index is 548. The molecule has 1 aromatic heterocycles. The van der Waals surface area contributed by atoms with E-state index in [1.165, 1.54) is 6.20 Å². The number of likely N-dealkylation sites (N-methyl/N-ethyl adjacent to an activating group) is 1. The topological polar surface area (TPSA) is 62.7 Å². The molecule has 2 unspecified atom stereocenters. The molecule has 1 aliphatic heterocycles. The van der Waals surface area contributed by atoms with E-state index in [1.54, 1.807) is 24.2 Å². The van der Waals surface area contributed by atoms with Crippen LogP contribution >= 0.6 is 0 Å². The molecule has 2 heterocycles. The molecule has 1 aliphatic rings. The molecule has 1 aromatic rings. The molecule has 106 valence electrons. The van der Waals surface area contributed by atoms with E-state index >= 15 is 0 Å². The maximum absolute atomic E-state index is 12.6. The van der Waals surface area contributed by atoms with E-state index in [2.05, 4.69) is 16.8 Å². The minimum atomic E-state index is -0.244. The smallest absolute Gasteiger partial charge is 0.255 e. The summed E-state index contributed by atoms with van der Waals surface area (Å²) >= 11 is 0. The summed E-state index contributed by atoms with van der Waals surface area (Å²) in [6.07, 6.45) is 3.99. The Kier molecular flexibility index (Phi) is 4.72. The Morgan fingerprint density at radius 2 is 2.45 bits per heavy atom. The van der Waals surface area contributed by atoms with Gasteiger partial charge in [0.25, 0.3) is 5.91 Å². The Hall–Kier alpha value is -1.90. The lowest BCUT2D eigenvalue weighted by Gasteiger charge is -2.27. The number of nitrogens with zero attached hydrogens (tertiary/aromatic N) is 2. The SMILES string of the molecule is CC1OCCC1N(C)C(=O)c1ccncc1C#CCO. The first-order chi connectivity index (χ1) is 9.65. The van der Waals surface area contributed by atoms with Crippen LogP contribution in [0.1, 0.15) is 29.3 Å². The van der Waals surface area contributed by atoms with Gasteiger partial charge in [-0.3, -0.25) is 9.78 Å². The molecule has 20 heavy (non-hydrogen) atoms. The van der Waals surface area contributed by atoms with Crippen molar-refractivity contribution >= 4 is 5.91 Å². The first-order valence-corrected chi connectivity index (χ1v) is 6.57. The molecule has 0 aliphatic carbocycles. The molecule has 1 saturated heterocycles. The molecule has 2 rings (SSSR count). The van der Waals surface area contributed by atoms with Gasteiger partial charge in [0.15, 0.2) is 0 Å². The van der Waals surface area contributed by atoms with Crippen LogP contribution < -0.4 is 0 Å². The maximum Gasteiger partial charge on any atom is 0.255 e. The van der Waals surface area contributed by atoms with Crippen LogP contribution in [0.3, 0.4) is 0 Å². The molecular weight excluding hydrogens is 256 g/mol. The standard InChI is InChI=1S/C15H18N2O3/c1-11-14(6-9-20-11)17(2)15(19)13-5-7-16-10-12(13)4-3-8-18/h5,7,10-11,14,18H,6,8-9H2,1-2H3. The predicted octanol–water partition coefficient (Wildman–Crippen LogP) is 0.675. The number of aliphatic hydroxyl groups excluding tert-OH is 1. The second-order valence-electron chi connectivity index (χ2n) is 4.73. The van der Waals surface area contributed by atoms with Gasteiger partial charge in [-0.1, -0.05) is 11.8 Å². The summed E-state index contributed by atoms with van der Waals surface area (Å²) in [6.45, 7) is 2.41. The summed E-state index contributed by atoms with van der Waals surface area (Å²) in [5, 5.41) is 8.77. The number of carbonyl (C=O) groups excluding carboxylic acids is 1. The van der Waals surface area contributed by atoms with E-state index in [1.807, 2.05) is 6.92 Å². The number of aliphatic hydroxyl groups is 1. The quantitative estimate of drug-likeness (QED) is 0.805.